The van der Waals surface area contributed by atoms with Crippen LogP contribution < -0.4 is 5.32 Å². The highest BCUT2D eigenvalue weighted by molar-refractivity contribution is 9.10. The van der Waals surface area contributed by atoms with Gasteiger partial charge in [0, 0.05) is 33.8 Å². The third-order valence-electron chi connectivity index (χ3n) is 2.29. The number of nitro groups is 1. The van der Waals surface area contributed by atoms with E-state index in [0.29, 0.717) is 11.3 Å². The first kappa shape index (κ1) is 13.4. The molecule has 2 heterocycles. The van der Waals surface area contributed by atoms with Gasteiger partial charge in [-0.15, -0.1) is 0 Å². The van der Waals surface area contributed by atoms with Gasteiger partial charge in [0.15, 0.2) is 0 Å². The van der Waals surface area contributed by atoms with Gasteiger partial charge in [-0.05, 0) is 34.5 Å². The van der Waals surface area contributed by atoms with Crippen LogP contribution in [0.25, 0.3) is 0 Å². The fourth-order valence-corrected chi connectivity index (χ4v) is 1.88. The van der Waals surface area contributed by atoms with E-state index < -0.39 is 10.9 Å². The summed E-state index contributed by atoms with van der Waals surface area (Å²) in [5.41, 5.74) is 0.923. The number of nitrogens with one attached hydrogen (secondary N) is 1. The molecule has 0 aliphatic rings. The lowest BCUT2D eigenvalue weighted by molar-refractivity contribution is -0.394. The van der Waals surface area contributed by atoms with Gasteiger partial charge < -0.3 is 15.4 Å². The van der Waals surface area contributed by atoms with Crippen LogP contribution in [0.3, 0.4) is 0 Å². The molecule has 0 unspecified atom stereocenters. The van der Waals surface area contributed by atoms with E-state index in [-0.39, 0.29) is 0 Å². The van der Waals surface area contributed by atoms with Crippen molar-refractivity contribution in [2.24, 2.45) is 0 Å². The number of rotatable bonds is 5. The van der Waals surface area contributed by atoms with Crippen LogP contribution in [-0.4, -0.2) is 31.2 Å². The van der Waals surface area contributed by atoms with Crippen LogP contribution in [0.4, 0.5) is 11.8 Å². The summed E-state index contributed by atoms with van der Waals surface area (Å²) in [7, 11) is 0. The van der Waals surface area contributed by atoms with E-state index in [1.807, 2.05) is 19.1 Å². The lowest BCUT2D eigenvalue weighted by atomic mass is 10.2. The molecule has 0 amide bonds. The van der Waals surface area contributed by atoms with Crippen LogP contribution in [0, 0.1) is 10.1 Å². The summed E-state index contributed by atoms with van der Waals surface area (Å²) in [6.07, 6.45) is 1.67. The topological polar surface area (TPSA) is 98.8 Å². The molecule has 19 heavy (non-hydrogen) atoms. The molecular formula is C10H11BrN6O2. The zero-order valence-corrected chi connectivity index (χ0v) is 11.7. The molecule has 0 fully saturated rings. The highest BCUT2D eigenvalue weighted by Crippen LogP contribution is 2.15. The maximum atomic E-state index is 10.6. The van der Waals surface area contributed by atoms with Crippen molar-refractivity contribution in [1.29, 1.82) is 0 Å². The summed E-state index contributed by atoms with van der Waals surface area (Å²) in [5.74, 6) is 0.332. The molecule has 0 aromatic carbocycles. The lowest BCUT2D eigenvalue weighted by Crippen LogP contribution is -2.05. The molecule has 9 heteroatoms. The van der Waals surface area contributed by atoms with E-state index in [0.717, 1.165) is 17.9 Å². The van der Waals surface area contributed by atoms with Crippen molar-refractivity contribution in [1.82, 2.24) is 19.7 Å². The zero-order chi connectivity index (χ0) is 13.8. The van der Waals surface area contributed by atoms with Crippen molar-refractivity contribution in [3.8, 4) is 0 Å². The number of aromatic nitrogens is 4. The predicted molar refractivity (Wildman–Crippen MR) is 71.9 cm³/mol. The first-order chi connectivity index (χ1) is 9.10. The molecule has 0 aliphatic heterocycles. The summed E-state index contributed by atoms with van der Waals surface area (Å²) < 4.78 is 1.74. The molecule has 0 radical (unpaired) electrons. The number of anilines is 1. The van der Waals surface area contributed by atoms with Crippen LogP contribution in [0.15, 0.2) is 23.1 Å². The van der Waals surface area contributed by atoms with Crippen LogP contribution in [0.2, 0.25) is 0 Å². The highest BCUT2D eigenvalue weighted by atomic mass is 79.9. The van der Waals surface area contributed by atoms with Gasteiger partial charge in [-0.25, -0.2) is 4.98 Å². The molecule has 0 saturated heterocycles. The molecule has 8 nitrogen and oxygen atoms in total. The maximum absolute atomic E-state index is 10.6. The summed E-state index contributed by atoms with van der Waals surface area (Å²) >= 11 is 3.15. The predicted octanol–water partition coefficient (Wildman–Crippen LogP) is 1.82. The molecule has 100 valence electrons. The second-order valence-electron chi connectivity index (χ2n) is 3.68. The molecule has 2 aromatic heterocycles. The van der Waals surface area contributed by atoms with Gasteiger partial charge in [-0.2, -0.15) is 4.68 Å². The van der Waals surface area contributed by atoms with Gasteiger partial charge in [0.2, 0.25) is 0 Å². The van der Waals surface area contributed by atoms with Gasteiger partial charge in [-0.3, -0.25) is 0 Å². The van der Waals surface area contributed by atoms with Crippen LogP contribution >= 0.6 is 15.9 Å². The number of hydrogen-bond acceptors (Lipinski definition) is 6. The second kappa shape index (κ2) is 5.74. The standard InChI is InChI=1S/C10H11BrN6O2/c1-2-12-8-5-7(3-4-13-8)6-16-9(11)14-10(15-16)17(18)19/h3-5H,2,6H2,1H3,(H,12,13). The third-order valence-corrected chi connectivity index (χ3v) is 2.88. The van der Waals surface area contributed by atoms with Crippen LogP contribution in [0.1, 0.15) is 12.5 Å². The Morgan fingerprint density at radius 1 is 1.58 bits per heavy atom. The molecule has 1 N–H and O–H groups in total. The monoisotopic (exact) mass is 326 g/mol. The Hall–Kier alpha value is -2.03. The van der Waals surface area contributed by atoms with E-state index in [1.165, 1.54) is 4.68 Å². The largest absolute Gasteiger partial charge is 0.492 e. The average molecular weight is 327 g/mol. The molecule has 0 atom stereocenters. The zero-order valence-electron chi connectivity index (χ0n) is 10.1. The normalized spacial score (nSPS) is 10.4. The van der Waals surface area contributed by atoms with Crippen molar-refractivity contribution in [2.75, 3.05) is 11.9 Å². The number of pyridine rings is 1. The van der Waals surface area contributed by atoms with Gasteiger partial charge in [-0.1, -0.05) is 0 Å². The third kappa shape index (κ3) is 3.25. The summed E-state index contributed by atoms with van der Waals surface area (Å²) in [4.78, 5) is 17.8. The fraction of sp³-hybridized carbons (Fsp3) is 0.300. The van der Waals surface area contributed by atoms with E-state index in [1.54, 1.807) is 6.20 Å². The fourth-order valence-electron chi connectivity index (χ4n) is 1.51. The van der Waals surface area contributed by atoms with Gasteiger partial charge in [0.25, 0.3) is 4.73 Å². The maximum Gasteiger partial charge on any atom is 0.492 e. The molecule has 2 aromatic rings. The molecule has 0 aliphatic carbocycles. The minimum absolute atomic E-state index is 0.320. The Morgan fingerprint density at radius 2 is 2.37 bits per heavy atom. The van der Waals surface area contributed by atoms with E-state index >= 15 is 0 Å². The number of hydrogen-bond donors (Lipinski definition) is 1. The Morgan fingerprint density at radius 3 is 3.00 bits per heavy atom. The van der Waals surface area contributed by atoms with Crippen molar-refractivity contribution in [2.45, 2.75) is 13.5 Å². The Kier molecular flexibility index (Phi) is 4.05. The summed E-state index contributed by atoms with van der Waals surface area (Å²) in [6.45, 7) is 3.13. The van der Waals surface area contributed by atoms with E-state index in [4.69, 9.17) is 0 Å². The summed E-state index contributed by atoms with van der Waals surface area (Å²) in [5, 5.41) is 17.5. The highest BCUT2D eigenvalue weighted by Gasteiger charge is 2.19. The SMILES string of the molecule is CCNc1cc(Cn2nc([N+](=O)[O-])nc2Br)ccn1. The van der Waals surface area contributed by atoms with E-state index in [9.17, 15) is 10.1 Å². The molecular weight excluding hydrogens is 316 g/mol. The first-order valence-corrected chi connectivity index (χ1v) is 6.33. The van der Waals surface area contributed by atoms with Gasteiger partial charge in [0.1, 0.15) is 5.82 Å². The first-order valence-electron chi connectivity index (χ1n) is 5.53. The quantitative estimate of drug-likeness (QED) is 0.664. The summed E-state index contributed by atoms with van der Waals surface area (Å²) in [6, 6.07) is 3.68. The Balaban J connectivity index is 2.21. The molecule has 2 rings (SSSR count). The molecule has 0 bridgehead atoms. The van der Waals surface area contributed by atoms with Gasteiger partial charge in [0.05, 0.1) is 6.54 Å². The van der Waals surface area contributed by atoms with Crippen molar-refractivity contribution >= 4 is 27.7 Å². The second-order valence-corrected chi connectivity index (χ2v) is 4.38. The minimum atomic E-state index is -0.627. The van der Waals surface area contributed by atoms with Crippen LogP contribution in [-0.2, 0) is 6.54 Å². The van der Waals surface area contributed by atoms with E-state index in [2.05, 4.69) is 36.3 Å². The van der Waals surface area contributed by atoms with Crippen molar-refractivity contribution in [3.63, 3.8) is 0 Å². The Bertz CT molecular complexity index is 599. The molecule has 0 spiro atoms. The lowest BCUT2D eigenvalue weighted by Gasteiger charge is -2.04. The molecule has 0 saturated carbocycles. The number of halogens is 1. The average Bonchev–Trinajstić information content (AvgIpc) is 2.72. The smallest absolute Gasteiger partial charge is 0.390 e. The Labute approximate surface area is 117 Å². The minimum Gasteiger partial charge on any atom is -0.390 e. The van der Waals surface area contributed by atoms with Crippen molar-refractivity contribution in [3.05, 3.63) is 38.7 Å². The van der Waals surface area contributed by atoms with Crippen LogP contribution in [0.5, 0.6) is 0 Å². The van der Waals surface area contributed by atoms with Crippen molar-refractivity contribution < 1.29 is 4.92 Å². The number of nitrogens with zero attached hydrogens (tertiary/aromatic N) is 5. The van der Waals surface area contributed by atoms with Gasteiger partial charge >= 0.3 is 5.95 Å².